The second-order valence-corrected chi connectivity index (χ2v) is 8.35. The molecule has 8 heteroatoms. The molecule has 0 radical (unpaired) electrons. The molecular weight excluding hydrogens is 426 g/mol. The first-order valence-corrected chi connectivity index (χ1v) is 11.0. The number of nitrogens with one attached hydrogen (secondary N) is 1. The van der Waals surface area contributed by atoms with Crippen LogP contribution in [0.2, 0.25) is 0 Å². The fraction of sp³-hybridized carbons (Fsp3) is 0.154. The number of fused-ring (bicyclic) bond motifs is 2. The first-order valence-electron chi connectivity index (χ1n) is 11.0. The molecule has 5 rings (SSSR count). The number of para-hydroxylation sites is 1. The van der Waals surface area contributed by atoms with Gasteiger partial charge < -0.3 is 16.0 Å². The van der Waals surface area contributed by atoms with Gasteiger partial charge >= 0.3 is 0 Å². The molecule has 0 aliphatic heterocycles. The van der Waals surface area contributed by atoms with Crippen molar-refractivity contribution in [3.05, 3.63) is 89.0 Å². The van der Waals surface area contributed by atoms with Crippen LogP contribution in [0.1, 0.15) is 18.7 Å². The standard InChI is InChI=1S/C26H25N7O/c1-16(29-24-23-19(12-8-14-28-23)30-26(27)31-24)21-15-17-9-7-13-20(32(2)3)22(17)25(34)33(21)18-10-5-4-6-11-18/h4-16H,1-3H3,(H3,27,29,30,31). The van der Waals surface area contributed by atoms with Crippen molar-refractivity contribution in [2.45, 2.75) is 13.0 Å². The average molecular weight is 452 g/mol. The molecule has 3 aromatic heterocycles. The molecule has 5 aromatic rings. The molecule has 0 fully saturated rings. The summed E-state index contributed by atoms with van der Waals surface area (Å²) in [5.74, 6) is 0.676. The van der Waals surface area contributed by atoms with Gasteiger partial charge in [-0.25, -0.2) is 4.98 Å². The van der Waals surface area contributed by atoms with E-state index in [0.717, 1.165) is 22.5 Å². The van der Waals surface area contributed by atoms with Crippen LogP contribution < -0.4 is 21.5 Å². The summed E-state index contributed by atoms with van der Waals surface area (Å²) in [5, 5.41) is 4.96. The van der Waals surface area contributed by atoms with Crippen LogP contribution in [0.5, 0.6) is 0 Å². The van der Waals surface area contributed by atoms with Gasteiger partial charge in [0.25, 0.3) is 5.56 Å². The third-order valence-corrected chi connectivity index (χ3v) is 5.82. The number of rotatable bonds is 5. The van der Waals surface area contributed by atoms with Gasteiger partial charge in [0.1, 0.15) is 5.52 Å². The normalized spacial score (nSPS) is 12.1. The summed E-state index contributed by atoms with van der Waals surface area (Å²) < 4.78 is 1.76. The number of nitrogens with two attached hydrogens (primary N) is 1. The molecule has 0 saturated heterocycles. The fourth-order valence-electron chi connectivity index (χ4n) is 4.26. The number of hydrogen-bond donors (Lipinski definition) is 2. The van der Waals surface area contributed by atoms with E-state index < -0.39 is 0 Å². The number of hydrogen-bond acceptors (Lipinski definition) is 7. The lowest BCUT2D eigenvalue weighted by Gasteiger charge is -2.23. The lowest BCUT2D eigenvalue weighted by molar-refractivity contribution is 0.774. The summed E-state index contributed by atoms with van der Waals surface area (Å²) in [4.78, 5) is 29.0. The summed E-state index contributed by atoms with van der Waals surface area (Å²) in [7, 11) is 3.88. The van der Waals surface area contributed by atoms with Crippen molar-refractivity contribution in [2.75, 3.05) is 30.0 Å². The van der Waals surface area contributed by atoms with Gasteiger partial charge in [-0.05, 0) is 48.7 Å². The lowest BCUT2D eigenvalue weighted by Crippen LogP contribution is -2.27. The van der Waals surface area contributed by atoms with Crippen LogP contribution in [0, 0.1) is 0 Å². The van der Waals surface area contributed by atoms with Crippen LogP contribution in [0.4, 0.5) is 17.5 Å². The maximum Gasteiger partial charge on any atom is 0.265 e. The highest BCUT2D eigenvalue weighted by molar-refractivity contribution is 5.94. The van der Waals surface area contributed by atoms with E-state index in [2.05, 4.69) is 26.3 Å². The molecule has 8 nitrogen and oxygen atoms in total. The minimum Gasteiger partial charge on any atom is -0.377 e. The Bertz CT molecular complexity index is 1560. The van der Waals surface area contributed by atoms with Gasteiger partial charge in [-0.1, -0.05) is 30.3 Å². The van der Waals surface area contributed by atoms with Crippen LogP contribution in [0.3, 0.4) is 0 Å². The minimum atomic E-state index is -0.292. The third-order valence-electron chi connectivity index (χ3n) is 5.82. The van der Waals surface area contributed by atoms with E-state index in [-0.39, 0.29) is 17.5 Å². The van der Waals surface area contributed by atoms with E-state index in [1.807, 2.05) is 80.5 Å². The quantitative estimate of drug-likeness (QED) is 0.414. The highest BCUT2D eigenvalue weighted by Crippen LogP contribution is 2.29. The first kappa shape index (κ1) is 21.4. The van der Waals surface area contributed by atoms with Crippen molar-refractivity contribution < 1.29 is 0 Å². The Hall–Kier alpha value is -4.46. The van der Waals surface area contributed by atoms with Gasteiger partial charge in [0.05, 0.1) is 16.9 Å². The Balaban J connectivity index is 1.73. The Labute approximate surface area is 196 Å². The summed E-state index contributed by atoms with van der Waals surface area (Å²) in [6.45, 7) is 1.99. The zero-order chi connectivity index (χ0) is 23.8. The second-order valence-electron chi connectivity index (χ2n) is 8.35. The maximum absolute atomic E-state index is 13.9. The number of nitrogens with zero attached hydrogens (tertiary/aromatic N) is 5. The molecule has 1 unspecified atom stereocenters. The Morgan fingerprint density at radius 1 is 1.00 bits per heavy atom. The molecule has 2 aromatic carbocycles. The lowest BCUT2D eigenvalue weighted by atomic mass is 10.1. The van der Waals surface area contributed by atoms with Crippen LogP contribution in [-0.4, -0.2) is 33.6 Å². The van der Waals surface area contributed by atoms with E-state index >= 15 is 0 Å². The van der Waals surface area contributed by atoms with Gasteiger partial charge in [-0.3, -0.25) is 14.3 Å². The molecule has 170 valence electrons. The maximum atomic E-state index is 13.9. The van der Waals surface area contributed by atoms with Gasteiger partial charge in [0, 0.05) is 37.4 Å². The average Bonchev–Trinajstić information content (AvgIpc) is 2.83. The topological polar surface area (TPSA) is 102 Å². The fourth-order valence-corrected chi connectivity index (χ4v) is 4.26. The smallest absolute Gasteiger partial charge is 0.265 e. The predicted molar refractivity (Wildman–Crippen MR) is 138 cm³/mol. The van der Waals surface area contributed by atoms with Crippen molar-refractivity contribution in [3.63, 3.8) is 0 Å². The number of benzene rings is 2. The van der Waals surface area contributed by atoms with E-state index in [4.69, 9.17) is 5.73 Å². The molecule has 0 amide bonds. The number of anilines is 3. The van der Waals surface area contributed by atoms with Crippen LogP contribution in [-0.2, 0) is 0 Å². The molecule has 0 bridgehead atoms. The van der Waals surface area contributed by atoms with Crippen molar-refractivity contribution in [1.29, 1.82) is 0 Å². The highest BCUT2D eigenvalue weighted by atomic mass is 16.1. The van der Waals surface area contributed by atoms with E-state index in [1.165, 1.54) is 0 Å². The number of nitrogen functional groups attached to an aromatic ring is 1. The summed E-state index contributed by atoms with van der Waals surface area (Å²) in [6, 6.07) is 20.9. The predicted octanol–water partition coefficient (Wildman–Crippen LogP) is 4.15. The highest BCUT2D eigenvalue weighted by Gasteiger charge is 2.20. The Morgan fingerprint density at radius 2 is 1.79 bits per heavy atom. The van der Waals surface area contributed by atoms with Crippen LogP contribution in [0.15, 0.2) is 77.7 Å². The molecule has 1 atom stereocenters. The van der Waals surface area contributed by atoms with Crippen molar-refractivity contribution in [2.24, 2.45) is 0 Å². The molecule has 3 N–H and O–H groups in total. The third kappa shape index (κ3) is 3.69. The zero-order valence-electron chi connectivity index (χ0n) is 19.2. The molecule has 0 aliphatic rings. The van der Waals surface area contributed by atoms with Crippen molar-refractivity contribution in [1.82, 2.24) is 19.5 Å². The summed E-state index contributed by atoms with van der Waals surface area (Å²) >= 11 is 0. The van der Waals surface area contributed by atoms with E-state index in [9.17, 15) is 4.79 Å². The zero-order valence-corrected chi connectivity index (χ0v) is 19.2. The van der Waals surface area contributed by atoms with E-state index in [1.54, 1.807) is 16.8 Å². The molecule has 0 saturated carbocycles. The monoisotopic (exact) mass is 451 g/mol. The Morgan fingerprint density at radius 3 is 2.56 bits per heavy atom. The molecule has 3 heterocycles. The summed E-state index contributed by atoms with van der Waals surface area (Å²) in [5.41, 5.74) is 9.60. The summed E-state index contributed by atoms with van der Waals surface area (Å²) in [6.07, 6.45) is 1.69. The van der Waals surface area contributed by atoms with E-state index in [0.29, 0.717) is 22.2 Å². The van der Waals surface area contributed by atoms with Gasteiger partial charge in [0.15, 0.2) is 5.82 Å². The number of pyridine rings is 2. The molecular formula is C26H25N7O. The largest absolute Gasteiger partial charge is 0.377 e. The Kier molecular flexibility index (Phi) is 5.33. The minimum absolute atomic E-state index is 0.0816. The molecule has 0 spiro atoms. The van der Waals surface area contributed by atoms with Crippen LogP contribution >= 0.6 is 0 Å². The number of aromatic nitrogens is 4. The molecule has 0 aliphatic carbocycles. The SMILES string of the molecule is CC(Nc1nc(N)nc2cccnc12)c1cc2cccc(N(C)C)c2c(=O)n1-c1ccccc1. The van der Waals surface area contributed by atoms with Gasteiger partial charge in [-0.2, -0.15) is 4.98 Å². The van der Waals surface area contributed by atoms with Crippen molar-refractivity contribution in [3.8, 4) is 5.69 Å². The molecule has 34 heavy (non-hydrogen) atoms. The second kappa shape index (κ2) is 8.47. The van der Waals surface area contributed by atoms with Crippen molar-refractivity contribution >= 4 is 39.3 Å². The first-order chi connectivity index (χ1) is 16.4. The van der Waals surface area contributed by atoms with Gasteiger partial charge in [-0.15, -0.1) is 0 Å². The van der Waals surface area contributed by atoms with Crippen LogP contribution in [0.25, 0.3) is 27.5 Å². The van der Waals surface area contributed by atoms with Gasteiger partial charge in [0.2, 0.25) is 5.95 Å².